The number of halogens is 3. The maximum atomic E-state index is 15.3. The molecule has 4 aromatic rings. The summed E-state index contributed by atoms with van der Waals surface area (Å²) in [5, 5.41) is 6.06. The van der Waals surface area contributed by atoms with Crippen LogP contribution in [0.3, 0.4) is 0 Å². The van der Waals surface area contributed by atoms with Gasteiger partial charge in [0.2, 0.25) is 0 Å². The van der Waals surface area contributed by atoms with Crippen LogP contribution in [-0.4, -0.2) is 65.2 Å². The van der Waals surface area contributed by atoms with Crippen LogP contribution in [0.4, 0.5) is 23.7 Å². The predicted octanol–water partition coefficient (Wildman–Crippen LogP) is 7.86. The van der Waals surface area contributed by atoms with Gasteiger partial charge in [0.25, 0.3) is 5.92 Å². The first-order valence-corrected chi connectivity index (χ1v) is 16.2. The summed E-state index contributed by atoms with van der Waals surface area (Å²) in [5.74, 6) is -2.33. The van der Waals surface area contributed by atoms with E-state index in [1.807, 2.05) is 57.2 Å². The van der Waals surface area contributed by atoms with E-state index < -0.39 is 17.7 Å². The second-order valence-electron chi connectivity index (χ2n) is 13.4. The molecule has 1 amide bonds. The first-order valence-electron chi connectivity index (χ1n) is 16.2. The van der Waals surface area contributed by atoms with E-state index in [-0.39, 0.29) is 29.3 Å². The van der Waals surface area contributed by atoms with Crippen molar-refractivity contribution in [1.29, 1.82) is 0 Å². The van der Waals surface area contributed by atoms with Gasteiger partial charge in [0.1, 0.15) is 23.9 Å². The van der Waals surface area contributed by atoms with Crippen molar-refractivity contribution in [3.63, 3.8) is 0 Å². The van der Waals surface area contributed by atoms with E-state index in [4.69, 9.17) is 4.74 Å². The van der Waals surface area contributed by atoms with Crippen molar-refractivity contribution in [2.75, 3.05) is 25.5 Å². The Hall–Kier alpha value is -4.64. The smallest absolute Gasteiger partial charge is 0.410 e. The van der Waals surface area contributed by atoms with Crippen LogP contribution in [0.5, 0.6) is 0 Å². The van der Waals surface area contributed by atoms with Crippen LogP contribution in [0.2, 0.25) is 0 Å². The number of H-pyrrole nitrogens is 1. The van der Waals surface area contributed by atoms with Gasteiger partial charge in [-0.15, -0.1) is 0 Å². The van der Waals surface area contributed by atoms with Gasteiger partial charge in [-0.25, -0.2) is 14.2 Å². The zero-order valence-corrected chi connectivity index (χ0v) is 27.4. The number of aromatic nitrogens is 2. The summed E-state index contributed by atoms with van der Waals surface area (Å²) in [6, 6.07) is 17.7. The largest absolute Gasteiger partial charge is 0.444 e. The molecule has 2 saturated heterocycles. The number of anilines is 1. The normalized spacial score (nSPS) is 20.8. The van der Waals surface area contributed by atoms with Crippen molar-refractivity contribution in [2.45, 2.75) is 69.8 Å². The summed E-state index contributed by atoms with van der Waals surface area (Å²) >= 11 is 0. The molecule has 0 spiro atoms. The number of benzene rings is 3. The standard InChI is InChI=1S/C27H23F3N4.C10H17NO3/c1-31-19-7-9-21-20-8-6-17(10-22(20)27(29,30)23(21)12-19)15-2-4-16(5-3-15)25-14-33-26(34-25)24-11-18(28)13-32-24;1-10(2,3)14-9(13)11-6-4-5-8(11)7-12/h2-10,12,14,18,24,31-32H,11,13H2,1H3,(H,33,34);7-8H,4-6H2,1-3H3. The lowest BCUT2D eigenvalue weighted by molar-refractivity contribution is -0.111. The number of hydrogen-bond acceptors (Lipinski definition) is 6. The highest BCUT2D eigenvalue weighted by atomic mass is 19.3. The molecule has 3 aromatic carbocycles. The number of hydrogen-bond donors (Lipinski definition) is 3. The van der Waals surface area contributed by atoms with Crippen molar-refractivity contribution in [2.24, 2.45) is 0 Å². The lowest BCUT2D eigenvalue weighted by Crippen LogP contribution is -2.40. The van der Waals surface area contributed by atoms with Crippen molar-refractivity contribution in [3.8, 4) is 33.5 Å². The number of imidazole rings is 1. The Bertz CT molecular complexity index is 1800. The molecular formula is C37H40F3N5O3. The number of amides is 1. The van der Waals surface area contributed by atoms with Gasteiger partial charge in [-0.05, 0) is 79.6 Å². The van der Waals surface area contributed by atoms with E-state index in [9.17, 15) is 14.0 Å². The zero-order chi connectivity index (χ0) is 34.2. The van der Waals surface area contributed by atoms with Crippen LogP contribution in [0.25, 0.3) is 33.5 Å². The van der Waals surface area contributed by atoms with Crippen LogP contribution in [0.15, 0.2) is 66.9 Å². The minimum Gasteiger partial charge on any atom is -0.444 e. The van der Waals surface area contributed by atoms with E-state index in [2.05, 4.69) is 20.6 Å². The Morgan fingerprint density at radius 3 is 2.33 bits per heavy atom. The number of aldehydes is 1. The maximum absolute atomic E-state index is 15.3. The highest BCUT2D eigenvalue weighted by molar-refractivity contribution is 5.84. The fraction of sp³-hybridized carbons (Fsp3) is 0.378. The highest BCUT2D eigenvalue weighted by Crippen LogP contribution is 2.52. The van der Waals surface area contributed by atoms with Crippen molar-refractivity contribution in [3.05, 3.63) is 83.8 Å². The number of alkyl halides is 3. The number of aromatic amines is 1. The Labute approximate surface area is 278 Å². The van der Waals surface area contributed by atoms with Gasteiger partial charge >= 0.3 is 6.09 Å². The van der Waals surface area contributed by atoms with Gasteiger partial charge in [0, 0.05) is 43.4 Å². The number of carbonyl (C=O) groups excluding carboxylic acids is 2. The molecule has 0 saturated carbocycles. The topological polar surface area (TPSA) is 99.3 Å². The quantitative estimate of drug-likeness (QED) is 0.189. The summed E-state index contributed by atoms with van der Waals surface area (Å²) < 4.78 is 49.3. The monoisotopic (exact) mass is 659 g/mol. The van der Waals surface area contributed by atoms with Gasteiger partial charge in [0.15, 0.2) is 0 Å². The molecule has 2 aliphatic heterocycles. The molecule has 8 nitrogen and oxygen atoms in total. The predicted molar refractivity (Wildman–Crippen MR) is 180 cm³/mol. The van der Waals surface area contributed by atoms with E-state index in [1.54, 1.807) is 31.4 Å². The van der Waals surface area contributed by atoms with Crippen molar-refractivity contribution >= 4 is 18.1 Å². The second-order valence-corrected chi connectivity index (χ2v) is 13.4. The number of carbonyl (C=O) groups is 2. The molecule has 48 heavy (non-hydrogen) atoms. The third kappa shape index (κ3) is 6.69. The number of likely N-dealkylation sites (tertiary alicyclic amines) is 1. The number of fused-ring (bicyclic) bond motifs is 3. The fourth-order valence-electron chi connectivity index (χ4n) is 6.44. The minimum atomic E-state index is -3.05. The Balaban J connectivity index is 0.000000242. The molecule has 3 aliphatic rings. The molecular weight excluding hydrogens is 619 g/mol. The minimum absolute atomic E-state index is 0.0331. The first kappa shape index (κ1) is 33.3. The van der Waals surface area contributed by atoms with E-state index in [1.165, 1.54) is 11.0 Å². The van der Waals surface area contributed by atoms with Crippen molar-refractivity contribution in [1.82, 2.24) is 20.2 Å². The Morgan fingerprint density at radius 1 is 1.02 bits per heavy atom. The van der Waals surface area contributed by atoms with Crippen LogP contribution in [-0.2, 0) is 15.5 Å². The van der Waals surface area contributed by atoms with Crippen LogP contribution in [0.1, 0.15) is 63.0 Å². The fourth-order valence-corrected chi connectivity index (χ4v) is 6.44. The summed E-state index contributed by atoms with van der Waals surface area (Å²) in [6.45, 7) is 6.42. The lowest BCUT2D eigenvalue weighted by Gasteiger charge is -2.26. The third-order valence-corrected chi connectivity index (χ3v) is 8.91. The van der Waals surface area contributed by atoms with Gasteiger partial charge in [-0.1, -0.05) is 42.5 Å². The summed E-state index contributed by atoms with van der Waals surface area (Å²) in [7, 11) is 1.72. The molecule has 7 rings (SSSR count). The molecule has 11 heteroatoms. The molecule has 3 N–H and O–H groups in total. The summed E-state index contributed by atoms with van der Waals surface area (Å²) in [5.41, 5.74) is 4.74. The number of nitrogens with one attached hydrogen (secondary N) is 3. The van der Waals surface area contributed by atoms with Gasteiger partial charge in [-0.2, -0.15) is 8.78 Å². The Morgan fingerprint density at radius 2 is 1.69 bits per heavy atom. The second kappa shape index (κ2) is 13.1. The highest BCUT2D eigenvalue weighted by Gasteiger charge is 2.44. The molecule has 3 heterocycles. The molecule has 1 aromatic heterocycles. The van der Waals surface area contributed by atoms with E-state index in [0.29, 0.717) is 36.3 Å². The van der Waals surface area contributed by atoms with E-state index in [0.717, 1.165) is 47.3 Å². The summed E-state index contributed by atoms with van der Waals surface area (Å²) in [4.78, 5) is 31.4. The third-order valence-electron chi connectivity index (χ3n) is 8.91. The molecule has 3 unspecified atom stereocenters. The van der Waals surface area contributed by atoms with E-state index >= 15 is 8.78 Å². The first-order chi connectivity index (χ1) is 22.9. The molecule has 252 valence electrons. The van der Waals surface area contributed by atoms with Crippen LogP contribution in [0, 0.1) is 0 Å². The average Bonchev–Trinajstić information content (AvgIpc) is 3.87. The molecule has 1 aliphatic carbocycles. The number of rotatable bonds is 5. The SMILES string of the molecule is CC(C)(C)OC(=O)N1CCCC1C=O.CNc1ccc2c(c1)C(F)(F)c1cc(-c3ccc(-c4cnc(C5CC(F)CN5)[nH]4)cc3)ccc1-2. The van der Waals surface area contributed by atoms with Gasteiger partial charge < -0.3 is 25.1 Å². The molecule has 0 bridgehead atoms. The average molecular weight is 660 g/mol. The zero-order valence-electron chi connectivity index (χ0n) is 27.4. The van der Waals surface area contributed by atoms with Gasteiger partial charge in [-0.3, -0.25) is 4.90 Å². The maximum Gasteiger partial charge on any atom is 0.410 e. The lowest BCUT2D eigenvalue weighted by atomic mass is 9.97. The molecule has 2 fully saturated rings. The Kier molecular flexibility index (Phi) is 9.08. The van der Waals surface area contributed by atoms with Gasteiger partial charge in [0.05, 0.1) is 24.0 Å². The van der Waals surface area contributed by atoms with Crippen molar-refractivity contribution < 1.29 is 27.5 Å². The molecule has 0 radical (unpaired) electrons. The number of ether oxygens (including phenoxy) is 1. The molecule has 3 atom stereocenters. The number of nitrogens with zero attached hydrogens (tertiary/aromatic N) is 2. The summed E-state index contributed by atoms with van der Waals surface area (Å²) in [6.07, 6.45) is 3.37. The van der Waals surface area contributed by atoms with Crippen LogP contribution >= 0.6 is 0 Å². The van der Waals surface area contributed by atoms with Crippen LogP contribution < -0.4 is 10.6 Å².